The van der Waals surface area contributed by atoms with Gasteiger partial charge in [0.1, 0.15) is 18.3 Å². The molecule has 0 spiro atoms. The third-order valence-corrected chi connectivity index (χ3v) is 14.7. The van der Waals surface area contributed by atoms with E-state index in [1.165, 1.54) is 27.8 Å². The first kappa shape index (κ1) is 49.5. The highest BCUT2D eigenvalue weighted by molar-refractivity contribution is 5.85. The van der Waals surface area contributed by atoms with E-state index in [9.17, 15) is 9.59 Å². The highest BCUT2D eigenvalue weighted by Gasteiger charge is 2.32. The minimum absolute atomic E-state index is 0.0522. The summed E-state index contributed by atoms with van der Waals surface area (Å²) in [7, 11) is 0. The molecular formula is C66H60N6O4. The van der Waals surface area contributed by atoms with Crippen molar-refractivity contribution >= 4 is 23.0 Å². The average molecular weight is 1000 g/mol. The zero-order chi connectivity index (χ0) is 51.6. The van der Waals surface area contributed by atoms with Gasteiger partial charge in [0.05, 0.1) is 61.4 Å². The number of esters is 1. The summed E-state index contributed by atoms with van der Waals surface area (Å²) in [6.45, 7) is 0.564. The summed E-state index contributed by atoms with van der Waals surface area (Å²) in [4.78, 5) is 44.0. The lowest BCUT2D eigenvalue weighted by Gasteiger charge is -2.23. The number of aromatic nitrogens is 4. The molecule has 2 aromatic heterocycles. The number of imidazole rings is 2. The Hall–Kier alpha value is -8.70. The van der Waals surface area contributed by atoms with Crippen LogP contribution in [0.25, 0.3) is 44.8 Å². The molecule has 76 heavy (non-hydrogen) atoms. The Bertz CT molecular complexity index is 3460. The summed E-state index contributed by atoms with van der Waals surface area (Å²) in [6, 6.07) is 62.8. The van der Waals surface area contributed by atoms with Gasteiger partial charge in [-0.3, -0.25) is 9.59 Å². The Balaban J connectivity index is 0.000000222. The summed E-state index contributed by atoms with van der Waals surface area (Å²) < 4.78 is 12.1. The molecule has 378 valence electrons. The fraction of sp³-hybridized carbons (Fsp3) is 0.182. The summed E-state index contributed by atoms with van der Waals surface area (Å²) in [6.07, 6.45) is 11.2. The molecule has 1 amide bonds. The molecule has 0 fully saturated rings. The maximum absolute atomic E-state index is 14.3. The molecule has 3 aliphatic carbocycles. The first-order valence-corrected chi connectivity index (χ1v) is 26.2. The molecule has 10 heteroatoms. The highest BCUT2D eigenvalue weighted by Crippen LogP contribution is 2.45. The first-order valence-electron chi connectivity index (χ1n) is 26.2. The number of hydrogen-bond acceptors (Lipinski definition) is 7. The molecule has 0 radical (unpaired) electrons. The number of hydrogen-bond donors (Lipinski definition) is 4. The van der Waals surface area contributed by atoms with Gasteiger partial charge in [-0.05, 0) is 91.6 Å². The molecule has 5 N–H and O–H groups in total. The second-order valence-electron chi connectivity index (χ2n) is 19.7. The molecular weight excluding hydrogens is 941 g/mol. The molecule has 3 atom stereocenters. The van der Waals surface area contributed by atoms with Crippen LogP contribution in [0.3, 0.4) is 0 Å². The van der Waals surface area contributed by atoms with E-state index in [-0.39, 0.29) is 37.5 Å². The molecule has 12 rings (SSSR count). The third-order valence-electron chi connectivity index (χ3n) is 14.7. The number of allylic oxidation sites excluding steroid dienone is 2. The van der Waals surface area contributed by atoms with E-state index < -0.39 is 17.9 Å². The zero-order valence-corrected chi connectivity index (χ0v) is 42.3. The van der Waals surface area contributed by atoms with Gasteiger partial charge in [0.25, 0.3) is 0 Å². The second kappa shape index (κ2) is 23.2. The van der Waals surface area contributed by atoms with Crippen molar-refractivity contribution < 1.29 is 19.1 Å². The van der Waals surface area contributed by atoms with Gasteiger partial charge in [-0.2, -0.15) is 0 Å². The van der Waals surface area contributed by atoms with Crippen LogP contribution in [0.5, 0.6) is 0 Å². The van der Waals surface area contributed by atoms with Gasteiger partial charge < -0.3 is 30.5 Å². The van der Waals surface area contributed by atoms with E-state index in [1.807, 2.05) is 115 Å². The predicted octanol–water partition coefficient (Wildman–Crippen LogP) is 12.9. The normalized spacial score (nSPS) is 14.2. The number of benzene rings is 7. The van der Waals surface area contributed by atoms with Crippen molar-refractivity contribution in [2.75, 3.05) is 13.2 Å². The summed E-state index contributed by atoms with van der Waals surface area (Å²) in [5.74, 6) is -0.102. The molecule has 0 saturated heterocycles. The lowest BCUT2D eigenvalue weighted by Crippen LogP contribution is -2.38. The predicted molar refractivity (Wildman–Crippen MR) is 300 cm³/mol. The molecule has 7 aromatic carbocycles. The number of aromatic amines is 2. The topological polar surface area (TPSA) is 148 Å². The molecule has 0 saturated carbocycles. The van der Waals surface area contributed by atoms with Gasteiger partial charge in [-0.25, -0.2) is 9.97 Å². The van der Waals surface area contributed by atoms with Crippen LogP contribution in [-0.4, -0.2) is 45.0 Å². The molecule has 10 nitrogen and oxygen atoms in total. The Morgan fingerprint density at radius 2 is 1.07 bits per heavy atom. The van der Waals surface area contributed by atoms with Gasteiger partial charge >= 0.3 is 5.97 Å². The van der Waals surface area contributed by atoms with Crippen LogP contribution in [0.2, 0.25) is 0 Å². The van der Waals surface area contributed by atoms with Crippen molar-refractivity contribution in [3.05, 3.63) is 263 Å². The van der Waals surface area contributed by atoms with Crippen molar-refractivity contribution in [1.29, 1.82) is 0 Å². The molecule has 3 aliphatic rings. The van der Waals surface area contributed by atoms with Gasteiger partial charge in [0.2, 0.25) is 5.91 Å². The first-order chi connectivity index (χ1) is 37.4. The SMILES string of the molecule is N[C@H](CC1=CCc2ccccc21)c1ncc(-c2ccccc2)[nH]1.O=C(C[C@H](COCc1ccccc1)C(=O)N[C@H](CC1=CCc2ccccc21)c1ncc(-c2ccccc2)[nH]1)OCC1c2ccccc2-c2ccccc21. The summed E-state index contributed by atoms with van der Waals surface area (Å²) in [5.41, 5.74) is 23.6. The minimum atomic E-state index is -0.787. The lowest BCUT2D eigenvalue weighted by atomic mass is 9.97. The number of H-pyrrole nitrogens is 2. The van der Waals surface area contributed by atoms with Crippen LogP contribution in [0.15, 0.2) is 213 Å². The Morgan fingerprint density at radius 3 is 1.66 bits per heavy atom. The summed E-state index contributed by atoms with van der Waals surface area (Å²) >= 11 is 0. The number of amides is 1. The van der Waals surface area contributed by atoms with E-state index >= 15 is 0 Å². The van der Waals surface area contributed by atoms with E-state index in [0.717, 1.165) is 81.0 Å². The molecule has 2 heterocycles. The smallest absolute Gasteiger partial charge is 0.306 e. The number of nitrogens with two attached hydrogens (primary N) is 1. The van der Waals surface area contributed by atoms with E-state index in [1.54, 1.807) is 6.20 Å². The van der Waals surface area contributed by atoms with Crippen LogP contribution in [0.4, 0.5) is 0 Å². The monoisotopic (exact) mass is 1000 g/mol. The van der Waals surface area contributed by atoms with Gasteiger partial charge in [0.15, 0.2) is 0 Å². The van der Waals surface area contributed by atoms with Crippen LogP contribution in [0, 0.1) is 5.92 Å². The van der Waals surface area contributed by atoms with E-state index in [4.69, 9.17) is 20.2 Å². The van der Waals surface area contributed by atoms with Crippen molar-refractivity contribution in [2.24, 2.45) is 11.7 Å². The Morgan fingerprint density at radius 1 is 0.579 bits per heavy atom. The maximum atomic E-state index is 14.3. The molecule has 9 aromatic rings. The van der Waals surface area contributed by atoms with Crippen LogP contribution < -0.4 is 11.1 Å². The minimum Gasteiger partial charge on any atom is -0.465 e. The number of carbonyl (C=O) groups excluding carboxylic acids is 2. The summed E-state index contributed by atoms with van der Waals surface area (Å²) in [5, 5.41) is 3.27. The Labute approximate surface area is 443 Å². The van der Waals surface area contributed by atoms with Crippen molar-refractivity contribution in [2.45, 2.75) is 56.7 Å². The fourth-order valence-corrected chi connectivity index (χ4v) is 10.7. The fourth-order valence-electron chi connectivity index (χ4n) is 10.7. The zero-order valence-electron chi connectivity index (χ0n) is 42.3. The van der Waals surface area contributed by atoms with Crippen molar-refractivity contribution in [1.82, 2.24) is 25.3 Å². The number of rotatable bonds is 18. The third kappa shape index (κ3) is 11.3. The Kier molecular flexibility index (Phi) is 15.1. The van der Waals surface area contributed by atoms with E-state index in [2.05, 4.69) is 111 Å². The van der Waals surface area contributed by atoms with Gasteiger partial charge in [0, 0.05) is 12.3 Å². The molecule has 0 unspecified atom stereocenters. The van der Waals surface area contributed by atoms with E-state index in [0.29, 0.717) is 18.9 Å². The lowest BCUT2D eigenvalue weighted by molar-refractivity contribution is -0.148. The number of ether oxygens (including phenoxy) is 2. The number of fused-ring (bicyclic) bond motifs is 5. The number of carbonyl (C=O) groups is 2. The standard InChI is InChI=1S/C46H41N3O4.C20H19N3/c50-44(53-30-41-39-21-11-9-19-37(39)38-20-10-12-22-40(38)41)26-35(29-52-28-31-13-3-1-4-14-31)46(51)49-42(25-34-24-23-32-15-7-8-18-36(32)34)45-47-27-43(48-45)33-16-5-2-6-17-33;21-18(12-16-11-10-14-6-4-5-9-17(14)16)20-22-13-19(23-20)15-7-2-1-3-8-15/h1-22,24,27,35,41-42H,23,25-26,28-30H2,(H,47,48)(H,49,51);1-9,11,13,18H,10,12,21H2,(H,22,23)/t35-,42-;18-/m11/s1. The second-order valence-corrected chi connectivity index (χ2v) is 19.7. The largest absolute Gasteiger partial charge is 0.465 e. The maximum Gasteiger partial charge on any atom is 0.306 e. The number of nitrogens with one attached hydrogen (secondary N) is 3. The van der Waals surface area contributed by atoms with Crippen molar-refractivity contribution in [3.63, 3.8) is 0 Å². The van der Waals surface area contributed by atoms with Crippen molar-refractivity contribution in [3.8, 4) is 33.6 Å². The van der Waals surface area contributed by atoms with Crippen LogP contribution in [0.1, 0.15) is 87.9 Å². The average Bonchev–Trinajstić information content (AvgIpc) is 4.35. The van der Waals surface area contributed by atoms with Crippen LogP contribution >= 0.6 is 0 Å². The quantitative estimate of drug-likeness (QED) is 0.0626. The highest BCUT2D eigenvalue weighted by atomic mass is 16.5. The van der Waals surface area contributed by atoms with Crippen LogP contribution in [-0.2, 0) is 38.5 Å². The molecule has 0 aliphatic heterocycles. The van der Waals surface area contributed by atoms with Gasteiger partial charge in [-0.1, -0.05) is 200 Å². The van der Waals surface area contributed by atoms with Gasteiger partial charge in [-0.15, -0.1) is 0 Å². The number of nitrogens with zero attached hydrogens (tertiary/aromatic N) is 2. The molecule has 0 bridgehead atoms.